The molecule has 1 amide bonds. The Morgan fingerprint density at radius 3 is 2.60 bits per heavy atom. The average Bonchev–Trinajstić information content (AvgIpc) is 2.40. The highest BCUT2D eigenvalue weighted by Gasteiger charge is 2.15. The van der Waals surface area contributed by atoms with E-state index in [9.17, 15) is 4.79 Å². The van der Waals surface area contributed by atoms with Crippen molar-refractivity contribution >= 4 is 33.4 Å². The Balaban J connectivity index is 2.19. The quantitative estimate of drug-likeness (QED) is 0.785. The van der Waals surface area contributed by atoms with E-state index >= 15 is 0 Å². The molecule has 0 saturated carbocycles. The standard InChI is InChI=1S/C16H15BrClNO/c1-11-7-8-13(14(17)9-11)16(20)19(2)10-12-5-3-4-6-15(12)18/h3-9H,10H2,1-2H3. The fraction of sp³-hybridized carbons (Fsp3) is 0.188. The van der Waals surface area contributed by atoms with Gasteiger partial charge in [0.25, 0.3) is 5.91 Å². The Morgan fingerprint density at radius 1 is 1.25 bits per heavy atom. The Bertz CT molecular complexity index is 642. The van der Waals surface area contributed by atoms with Gasteiger partial charge in [0.1, 0.15) is 0 Å². The molecule has 104 valence electrons. The van der Waals surface area contributed by atoms with Crippen LogP contribution in [0, 0.1) is 6.92 Å². The first-order chi connectivity index (χ1) is 9.49. The zero-order valence-corrected chi connectivity index (χ0v) is 13.7. The van der Waals surface area contributed by atoms with Crippen molar-refractivity contribution < 1.29 is 4.79 Å². The zero-order chi connectivity index (χ0) is 14.7. The highest BCUT2D eigenvalue weighted by molar-refractivity contribution is 9.10. The Labute approximate surface area is 132 Å². The molecule has 2 aromatic rings. The van der Waals surface area contributed by atoms with E-state index < -0.39 is 0 Å². The summed E-state index contributed by atoms with van der Waals surface area (Å²) in [6, 6.07) is 13.3. The van der Waals surface area contributed by atoms with Gasteiger partial charge in [-0.15, -0.1) is 0 Å². The first kappa shape index (κ1) is 15.1. The van der Waals surface area contributed by atoms with Gasteiger partial charge in [0.05, 0.1) is 5.56 Å². The molecule has 0 aromatic heterocycles. The lowest BCUT2D eigenvalue weighted by molar-refractivity contribution is 0.0784. The van der Waals surface area contributed by atoms with E-state index in [2.05, 4.69) is 15.9 Å². The maximum atomic E-state index is 12.4. The lowest BCUT2D eigenvalue weighted by Gasteiger charge is -2.19. The number of nitrogens with zero attached hydrogens (tertiary/aromatic N) is 1. The predicted octanol–water partition coefficient (Wildman–Crippen LogP) is 4.68. The molecule has 0 spiro atoms. The van der Waals surface area contributed by atoms with Gasteiger partial charge in [0, 0.05) is 23.1 Å². The van der Waals surface area contributed by atoms with Gasteiger partial charge in [-0.05, 0) is 52.2 Å². The molecule has 4 heteroatoms. The molecule has 0 bridgehead atoms. The van der Waals surface area contributed by atoms with Crippen LogP contribution < -0.4 is 0 Å². The summed E-state index contributed by atoms with van der Waals surface area (Å²) in [5.74, 6) is -0.0307. The fourth-order valence-electron chi connectivity index (χ4n) is 1.95. The number of aryl methyl sites for hydroxylation is 1. The minimum Gasteiger partial charge on any atom is -0.337 e. The van der Waals surface area contributed by atoms with Crippen LogP contribution in [0.5, 0.6) is 0 Å². The molecule has 0 aliphatic rings. The van der Waals surface area contributed by atoms with Crippen molar-refractivity contribution in [2.45, 2.75) is 13.5 Å². The monoisotopic (exact) mass is 351 g/mol. The van der Waals surface area contributed by atoms with Crippen LogP contribution in [0.4, 0.5) is 0 Å². The highest BCUT2D eigenvalue weighted by Crippen LogP contribution is 2.22. The van der Waals surface area contributed by atoms with Crippen molar-refractivity contribution in [3.05, 3.63) is 68.7 Å². The molecule has 0 radical (unpaired) electrons. The number of halogens is 2. The molecular formula is C16H15BrClNO. The average molecular weight is 353 g/mol. The van der Waals surface area contributed by atoms with Crippen LogP contribution in [0.3, 0.4) is 0 Å². The summed E-state index contributed by atoms with van der Waals surface area (Å²) >= 11 is 9.57. The van der Waals surface area contributed by atoms with Crippen LogP contribution in [0.25, 0.3) is 0 Å². The van der Waals surface area contributed by atoms with Gasteiger partial charge in [-0.1, -0.05) is 35.9 Å². The van der Waals surface area contributed by atoms with E-state index in [0.717, 1.165) is 15.6 Å². The van der Waals surface area contributed by atoms with Crippen molar-refractivity contribution in [2.75, 3.05) is 7.05 Å². The summed E-state index contributed by atoms with van der Waals surface area (Å²) < 4.78 is 0.813. The van der Waals surface area contributed by atoms with Crippen molar-refractivity contribution in [1.29, 1.82) is 0 Å². The van der Waals surface area contributed by atoms with Gasteiger partial charge >= 0.3 is 0 Å². The number of amides is 1. The van der Waals surface area contributed by atoms with E-state index in [1.54, 1.807) is 11.9 Å². The summed E-state index contributed by atoms with van der Waals surface area (Å²) in [4.78, 5) is 14.1. The van der Waals surface area contributed by atoms with Gasteiger partial charge < -0.3 is 4.90 Å². The van der Waals surface area contributed by atoms with E-state index in [1.807, 2.05) is 49.4 Å². The predicted molar refractivity (Wildman–Crippen MR) is 86.1 cm³/mol. The van der Waals surface area contributed by atoms with Crippen molar-refractivity contribution in [3.8, 4) is 0 Å². The van der Waals surface area contributed by atoms with Crippen LogP contribution in [0.15, 0.2) is 46.9 Å². The van der Waals surface area contributed by atoms with Crippen molar-refractivity contribution in [3.63, 3.8) is 0 Å². The van der Waals surface area contributed by atoms with Crippen LogP contribution in [0.2, 0.25) is 5.02 Å². The molecule has 2 rings (SSSR count). The molecule has 20 heavy (non-hydrogen) atoms. The molecule has 0 aliphatic heterocycles. The number of rotatable bonds is 3. The van der Waals surface area contributed by atoms with E-state index in [-0.39, 0.29) is 5.91 Å². The van der Waals surface area contributed by atoms with E-state index in [4.69, 9.17) is 11.6 Å². The second-order valence-electron chi connectivity index (χ2n) is 4.74. The molecule has 0 saturated heterocycles. The summed E-state index contributed by atoms with van der Waals surface area (Å²) in [7, 11) is 1.78. The molecular weight excluding hydrogens is 338 g/mol. The minimum absolute atomic E-state index is 0.0307. The van der Waals surface area contributed by atoms with Crippen molar-refractivity contribution in [2.24, 2.45) is 0 Å². The third-order valence-electron chi connectivity index (χ3n) is 3.07. The largest absolute Gasteiger partial charge is 0.337 e. The second-order valence-corrected chi connectivity index (χ2v) is 6.00. The molecule has 0 N–H and O–H groups in total. The van der Waals surface area contributed by atoms with E-state index in [0.29, 0.717) is 17.1 Å². The molecule has 0 atom stereocenters. The summed E-state index contributed by atoms with van der Waals surface area (Å²) in [6.07, 6.45) is 0. The number of carbonyl (C=O) groups excluding carboxylic acids is 1. The zero-order valence-electron chi connectivity index (χ0n) is 11.4. The molecule has 0 fully saturated rings. The lowest BCUT2D eigenvalue weighted by atomic mass is 10.1. The number of carbonyl (C=O) groups is 1. The second kappa shape index (κ2) is 6.42. The smallest absolute Gasteiger partial charge is 0.255 e. The Morgan fingerprint density at radius 2 is 1.95 bits per heavy atom. The van der Waals surface area contributed by atoms with Crippen molar-refractivity contribution in [1.82, 2.24) is 4.90 Å². The molecule has 0 heterocycles. The van der Waals surface area contributed by atoms with Gasteiger partial charge in [-0.25, -0.2) is 0 Å². The Kier molecular flexibility index (Phi) is 4.84. The number of benzene rings is 2. The summed E-state index contributed by atoms with van der Waals surface area (Å²) in [5.41, 5.74) is 2.71. The normalized spacial score (nSPS) is 10.4. The van der Waals surface area contributed by atoms with Gasteiger partial charge in [0.2, 0.25) is 0 Å². The highest BCUT2D eigenvalue weighted by atomic mass is 79.9. The van der Waals surface area contributed by atoms with Gasteiger partial charge in [0.15, 0.2) is 0 Å². The number of hydrogen-bond acceptors (Lipinski definition) is 1. The maximum Gasteiger partial charge on any atom is 0.255 e. The molecule has 2 nitrogen and oxygen atoms in total. The third-order valence-corrected chi connectivity index (χ3v) is 4.09. The van der Waals surface area contributed by atoms with Crippen LogP contribution in [-0.2, 0) is 6.54 Å². The molecule has 0 aliphatic carbocycles. The summed E-state index contributed by atoms with van der Waals surface area (Å²) in [5, 5.41) is 0.676. The van der Waals surface area contributed by atoms with Crippen LogP contribution >= 0.6 is 27.5 Å². The SMILES string of the molecule is Cc1ccc(C(=O)N(C)Cc2ccccc2Cl)c(Br)c1. The fourth-order valence-corrected chi connectivity index (χ4v) is 2.81. The maximum absolute atomic E-state index is 12.4. The van der Waals surface area contributed by atoms with Gasteiger partial charge in [-0.2, -0.15) is 0 Å². The first-order valence-corrected chi connectivity index (χ1v) is 7.41. The van der Waals surface area contributed by atoms with Crippen LogP contribution in [-0.4, -0.2) is 17.9 Å². The van der Waals surface area contributed by atoms with E-state index in [1.165, 1.54) is 0 Å². The molecule has 2 aromatic carbocycles. The Hall–Kier alpha value is -1.32. The first-order valence-electron chi connectivity index (χ1n) is 6.24. The van der Waals surface area contributed by atoms with Crippen LogP contribution in [0.1, 0.15) is 21.5 Å². The molecule has 0 unspecified atom stereocenters. The lowest BCUT2D eigenvalue weighted by Crippen LogP contribution is -2.26. The summed E-state index contributed by atoms with van der Waals surface area (Å²) in [6.45, 7) is 2.48. The number of hydrogen-bond donors (Lipinski definition) is 0. The minimum atomic E-state index is -0.0307. The topological polar surface area (TPSA) is 20.3 Å². The van der Waals surface area contributed by atoms with Gasteiger partial charge in [-0.3, -0.25) is 4.79 Å². The third kappa shape index (κ3) is 3.41.